The number of hydrogen-bond donors (Lipinski definition) is 1. The summed E-state index contributed by atoms with van der Waals surface area (Å²) in [5, 5.41) is 3.31. The minimum Gasteiger partial charge on any atom is -0.467 e. The van der Waals surface area contributed by atoms with Crippen LogP contribution >= 0.6 is 15.9 Å². The van der Waals surface area contributed by atoms with Crippen LogP contribution in [0.2, 0.25) is 0 Å². The van der Waals surface area contributed by atoms with E-state index in [0.29, 0.717) is 5.92 Å². The van der Waals surface area contributed by atoms with Crippen molar-refractivity contribution in [2.75, 3.05) is 12.4 Å². The molecule has 1 fully saturated rings. The van der Waals surface area contributed by atoms with Crippen molar-refractivity contribution in [2.24, 2.45) is 5.92 Å². The number of halogens is 1. The fraction of sp³-hybridized carbons (Fsp3) is 0.500. The number of benzene rings is 1. The average molecular weight is 312 g/mol. The molecule has 1 N–H and O–H groups in total. The third kappa shape index (κ3) is 3.25. The number of rotatable bonds is 5. The van der Waals surface area contributed by atoms with Crippen molar-refractivity contribution in [2.45, 2.75) is 31.7 Å². The van der Waals surface area contributed by atoms with Crippen LogP contribution in [0, 0.1) is 5.92 Å². The fourth-order valence-electron chi connectivity index (χ4n) is 2.16. The molecule has 18 heavy (non-hydrogen) atoms. The van der Waals surface area contributed by atoms with Crippen molar-refractivity contribution in [1.82, 2.24) is 0 Å². The van der Waals surface area contributed by atoms with E-state index in [1.165, 1.54) is 20.0 Å². The maximum atomic E-state index is 12.0. The predicted molar refractivity (Wildman–Crippen MR) is 75.5 cm³/mol. The van der Waals surface area contributed by atoms with E-state index < -0.39 is 5.54 Å². The van der Waals surface area contributed by atoms with Crippen molar-refractivity contribution in [3.05, 3.63) is 28.7 Å². The molecule has 1 unspecified atom stereocenters. The largest absolute Gasteiger partial charge is 0.467 e. The van der Waals surface area contributed by atoms with Gasteiger partial charge in [0, 0.05) is 10.2 Å². The summed E-state index contributed by atoms with van der Waals surface area (Å²) in [6.45, 7) is 1.92. The molecule has 1 saturated carbocycles. The maximum Gasteiger partial charge on any atom is 0.331 e. The van der Waals surface area contributed by atoms with Crippen LogP contribution in [0.25, 0.3) is 0 Å². The van der Waals surface area contributed by atoms with Crippen LogP contribution < -0.4 is 5.32 Å². The van der Waals surface area contributed by atoms with Gasteiger partial charge in [-0.05, 0) is 43.5 Å². The number of anilines is 1. The molecule has 0 bridgehead atoms. The number of carbonyl (C=O) groups is 1. The summed E-state index contributed by atoms with van der Waals surface area (Å²) in [6.07, 6.45) is 3.26. The molecule has 0 heterocycles. The lowest BCUT2D eigenvalue weighted by Gasteiger charge is -2.29. The lowest BCUT2D eigenvalue weighted by atomic mass is 9.94. The van der Waals surface area contributed by atoms with Gasteiger partial charge in [0.05, 0.1) is 7.11 Å². The Morgan fingerprint density at radius 2 is 2.06 bits per heavy atom. The quantitative estimate of drug-likeness (QED) is 0.844. The molecule has 4 heteroatoms. The van der Waals surface area contributed by atoms with Crippen molar-refractivity contribution in [1.29, 1.82) is 0 Å². The highest BCUT2D eigenvalue weighted by atomic mass is 79.9. The number of carbonyl (C=O) groups excluding carboxylic acids is 1. The molecular formula is C14H18BrNO2. The smallest absolute Gasteiger partial charge is 0.331 e. The Morgan fingerprint density at radius 1 is 1.44 bits per heavy atom. The first-order valence-electron chi connectivity index (χ1n) is 6.16. The lowest BCUT2D eigenvalue weighted by Crippen LogP contribution is -2.44. The van der Waals surface area contributed by atoms with Crippen molar-refractivity contribution < 1.29 is 9.53 Å². The summed E-state index contributed by atoms with van der Waals surface area (Å²) in [4.78, 5) is 12.0. The number of nitrogens with one attached hydrogen (secondary N) is 1. The topological polar surface area (TPSA) is 38.3 Å². The molecule has 3 nitrogen and oxygen atoms in total. The summed E-state index contributed by atoms with van der Waals surface area (Å²) in [7, 11) is 1.44. The third-order valence-corrected chi connectivity index (χ3v) is 3.82. The molecule has 1 aromatic rings. The molecule has 0 aromatic heterocycles. The molecular weight excluding hydrogens is 294 g/mol. The SMILES string of the molecule is COC(=O)C(C)(CC1CC1)Nc1ccc(Br)cc1. The van der Waals surface area contributed by atoms with Crippen LogP contribution in [0.15, 0.2) is 28.7 Å². The van der Waals surface area contributed by atoms with Gasteiger partial charge in [-0.3, -0.25) is 0 Å². The van der Waals surface area contributed by atoms with E-state index in [-0.39, 0.29) is 5.97 Å². The van der Waals surface area contributed by atoms with Gasteiger partial charge in [-0.15, -0.1) is 0 Å². The predicted octanol–water partition coefficient (Wildman–Crippen LogP) is 3.59. The Labute approximate surface area is 116 Å². The van der Waals surface area contributed by atoms with Gasteiger partial charge in [-0.2, -0.15) is 0 Å². The lowest BCUT2D eigenvalue weighted by molar-refractivity contribution is -0.145. The van der Waals surface area contributed by atoms with Crippen LogP contribution in [0.1, 0.15) is 26.2 Å². The molecule has 0 radical (unpaired) electrons. The van der Waals surface area contributed by atoms with E-state index in [0.717, 1.165) is 16.6 Å². The Bertz CT molecular complexity index is 428. The zero-order valence-electron chi connectivity index (χ0n) is 10.7. The maximum absolute atomic E-state index is 12.0. The van der Waals surface area contributed by atoms with Gasteiger partial charge in [-0.1, -0.05) is 28.8 Å². The van der Waals surface area contributed by atoms with Crippen LogP contribution in [0.5, 0.6) is 0 Å². The number of esters is 1. The highest BCUT2D eigenvalue weighted by Gasteiger charge is 2.40. The second kappa shape index (κ2) is 5.31. The second-order valence-electron chi connectivity index (χ2n) is 5.10. The van der Waals surface area contributed by atoms with E-state index >= 15 is 0 Å². The summed E-state index contributed by atoms with van der Waals surface area (Å²) in [5.41, 5.74) is 0.302. The molecule has 1 atom stereocenters. The molecule has 2 rings (SSSR count). The van der Waals surface area contributed by atoms with E-state index in [1.807, 2.05) is 31.2 Å². The molecule has 1 aromatic carbocycles. The summed E-state index contributed by atoms with van der Waals surface area (Å²) in [5.74, 6) is 0.453. The summed E-state index contributed by atoms with van der Waals surface area (Å²) in [6, 6.07) is 7.82. The number of hydrogen-bond acceptors (Lipinski definition) is 3. The summed E-state index contributed by atoms with van der Waals surface area (Å²) >= 11 is 3.40. The van der Waals surface area contributed by atoms with E-state index in [4.69, 9.17) is 4.74 Å². The Morgan fingerprint density at radius 3 is 2.56 bits per heavy atom. The van der Waals surface area contributed by atoms with E-state index in [2.05, 4.69) is 21.2 Å². The highest BCUT2D eigenvalue weighted by molar-refractivity contribution is 9.10. The molecule has 0 spiro atoms. The van der Waals surface area contributed by atoms with Crippen LogP contribution in [0.3, 0.4) is 0 Å². The molecule has 98 valence electrons. The van der Waals surface area contributed by atoms with Gasteiger partial charge in [0.25, 0.3) is 0 Å². The third-order valence-electron chi connectivity index (χ3n) is 3.29. The first kappa shape index (κ1) is 13.4. The minimum absolute atomic E-state index is 0.197. The van der Waals surface area contributed by atoms with Gasteiger partial charge < -0.3 is 10.1 Å². The van der Waals surface area contributed by atoms with Crippen LogP contribution in [-0.4, -0.2) is 18.6 Å². The first-order valence-corrected chi connectivity index (χ1v) is 6.95. The van der Waals surface area contributed by atoms with Crippen LogP contribution in [0.4, 0.5) is 5.69 Å². The van der Waals surface area contributed by atoms with Gasteiger partial charge in [0.15, 0.2) is 0 Å². The van der Waals surface area contributed by atoms with Crippen molar-refractivity contribution >= 4 is 27.6 Å². The number of methoxy groups -OCH3 is 1. The monoisotopic (exact) mass is 311 g/mol. The zero-order chi connectivity index (χ0) is 13.2. The molecule has 1 aliphatic carbocycles. The number of ether oxygens (including phenoxy) is 1. The van der Waals surface area contributed by atoms with E-state index in [1.54, 1.807) is 0 Å². The molecule has 0 saturated heterocycles. The van der Waals surface area contributed by atoms with Crippen molar-refractivity contribution in [3.63, 3.8) is 0 Å². The minimum atomic E-state index is -0.635. The highest BCUT2D eigenvalue weighted by Crippen LogP contribution is 2.38. The molecule has 0 amide bonds. The Hall–Kier alpha value is -1.03. The van der Waals surface area contributed by atoms with E-state index in [9.17, 15) is 4.79 Å². The van der Waals surface area contributed by atoms with Gasteiger partial charge in [0.1, 0.15) is 5.54 Å². The normalized spacial score (nSPS) is 17.9. The zero-order valence-corrected chi connectivity index (χ0v) is 12.3. The standard InChI is InChI=1S/C14H18BrNO2/c1-14(13(17)18-2,9-10-3-4-10)16-12-7-5-11(15)6-8-12/h5-8,10,16H,3-4,9H2,1-2H3. The molecule has 1 aliphatic rings. The average Bonchev–Trinajstić information content (AvgIpc) is 3.14. The Balaban J connectivity index is 2.13. The second-order valence-corrected chi connectivity index (χ2v) is 6.02. The summed E-state index contributed by atoms with van der Waals surface area (Å²) < 4.78 is 5.95. The van der Waals surface area contributed by atoms with Crippen LogP contribution in [-0.2, 0) is 9.53 Å². The molecule has 0 aliphatic heterocycles. The fourth-order valence-corrected chi connectivity index (χ4v) is 2.43. The first-order chi connectivity index (χ1) is 8.53. The van der Waals surface area contributed by atoms with Gasteiger partial charge in [0.2, 0.25) is 0 Å². The van der Waals surface area contributed by atoms with Crippen molar-refractivity contribution in [3.8, 4) is 0 Å². The van der Waals surface area contributed by atoms with Gasteiger partial charge >= 0.3 is 5.97 Å². The van der Waals surface area contributed by atoms with Gasteiger partial charge in [-0.25, -0.2) is 4.79 Å². The Kier molecular flexibility index (Phi) is 3.95.